The quantitative estimate of drug-likeness (QED) is 0.287. The van der Waals surface area contributed by atoms with Crippen LogP contribution in [0.5, 0.6) is 0 Å². The van der Waals surface area contributed by atoms with Crippen molar-refractivity contribution in [3.05, 3.63) is 0 Å². The Morgan fingerprint density at radius 3 is 0.905 bits per heavy atom. The van der Waals surface area contributed by atoms with Gasteiger partial charge in [-0.15, -0.1) is 0 Å². The van der Waals surface area contributed by atoms with E-state index in [1.165, 1.54) is 14.2 Å². The normalized spacial score (nSPS) is 12.7. The lowest BCUT2D eigenvalue weighted by atomic mass is 10.8. The largest absolute Gasteiger partial charge is 0.359 e. The van der Waals surface area contributed by atoms with Crippen LogP contribution in [0, 0.1) is 0 Å². The predicted molar refractivity (Wildman–Crippen MR) is 65.3 cm³/mol. The molecule has 0 unspecified atom stereocenters. The summed E-state index contributed by atoms with van der Waals surface area (Å²) in [5.74, 6) is -3.07. The van der Waals surface area contributed by atoms with Crippen molar-refractivity contribution < 1.29 is 38.9 Å². The Kier molecular flexibility index (Phi) is 4.50. The van der Waals surface area contributed by atoms with Crippen molar-refractivity contribution >= 4 is 48.8 Å². The van der Waals surface area contributed by atoms with Crippen molar-refractivity contribution in [1.82, 2.24) is 15.0 Å². The van der Waals surface area contributed by atoms with Gasteiger partial charge in [0, 0.05) is 0 Å². The minimum atomic E-state index is -4.88. The Labute approximate surface area is 117 Å². The summed E-state index contributed by atoms with van der Waals surface area (Å²) in [5.41, 5.74) is 0. The summed E-state index contributed by atoms with van der Waals surface area (Å²) in [6.07, 6.45) is 0. The van der Waals surface area contributed by atoms with Gasteiger partial charge in [0.25, 0.3) is 0 Å². The van der Waals surface area contributed by atoms with E-state index in [4.69, 9.17) is 13.7 Å². The lowest BCUT2D eigenvalue weighted by Gasteiger charge is -2.07. The smallest absolute Gasteiger partial charge is 0.269 e. The average molecular weight is 366 g/mol. The number of nitrogens with one attached hydrogen (secondary N) is 3. The first-order valence-corrected chi connectivity index (χ1v) is 8.57. The van der Waals surface area contributed by atoms with Crippen LogP contribution in [0.25, 0.3) is 0 Å². The first-order chi connectivity index (χ1) is 9.23. The molecule has 0 fully saturated rings. The number of hydrogen-bond donors (Lipinski definition) is 6. The van der Waals surface area contributed by atoms with Crippen LogP contribution < -0.4 is 14.2 Å². The third kappa shape index (κ3) is 7.48. The second-order valence-corrected chi connectivity index (χ2v) is 6.50. The highest BCUT2D eigenvalue weighted by Gasteiger charge is 2.16. The number of hydrogen-bond acceptors (Lipinski definition) is 9. The van der Waals surface area contributed by atoms with Gasteiger partial charge in [-0.1, -0.05) is 0 Å². The van der Waals surface area contributed by atoms with Gasteiger partial charge in [-0.25, -0.2) is 14.2 Å². The second kappa shape index (κ2) is 5.50. The van der Waals surface area contributed by atoms with Gasteiger partial charge in [-0.2, -0.15) is 40.2 Å². The van der Waals surface area contributed by atoms with Crippen LogP contribution in [0.4, 0.5) is 17.8 Å². The molecule has 18 heteroatoms. The molecule has 6 N–H and O–H groups in total. The molecule has 21 heavy (non-hydrogen) atoms. The van der Waals surface area contributed by atoms with Gasteiger partial charge in [0.05, 0.1) is 0 Å². The van der Waals surface area contributed by atoms with E-state index in [2.05, 4.69) is 15.0 Å². The molecule has 0 aromatic carbocycles. The molecule has 1 heterocycles. The van der Waals surface area contributed by atoms with Crippen LogP contribution in [-0.4, -0.2) is 53.9 Å². The van der Waals surface area contributed by atoms with Crippen molar-refractivity contribution in [3.63, 3.8) is 0 Å². The van der Waals surface area contributed by atoms with Crippen LogP contribution in [0.3, 0.4) is 0 Å². The maximum Gasteiger partial charge on any atom is 0.359 e. The van der Waals surface area contributed by atoms with Crippen molar-refractivity contribution in [2.75, 3.05) is 14.2 Å². The molecule has 0 saturated heterocycles. The van der Waals surface area contributed by atoms with Crippen LogP contribution >= 0.6 is 0 Å². The monoisotopic (exact) mass is 366 g/mol. The van der Waals surface area contributed by atoms with Gasteiger partial charge in [-0.05, 0) is 0 Å². The highest BCUT2D eigenvalue weighted by molar-refractivity contribution is 7.87. The van der Waals surface area contributed by atoms with Crippen LogP contribution in [0.2, 0.25) is 0 Å². The molecular weight excluding hydrogens is 360 g/mol. The summed E-state index contributed by atoms with van der Waals surface area (Å²) in [7, 11) is -14.6. The Bertz CT molecular complexity index is 716. The maximum atomic E-state index is 10.6. The third-order valence-electron chi connectivity index (χ3n) is 1.30. The second-order valence-electron chi connectivity index (χ2n) is 3.04. The molecule has 0 bridgehead atoms. The fraction of sp³-hybridized carbons (Fsp3) is 0. The summed E-state index contributed by atoms with van der Waals surface area (Å²) in [5, 5.41) is 0. The number of anilines is 3. The highest BCUT2D eigenvalue weighted by Crippen LogP contribution is 2.11. The van der Waals surface area contributed by atoms with E-state index in [1.807, 2.05) is 0 Å². The van der Waals surface area contributed by atoms with Crippen molar-refractivity contribution in [2.24, 2.45) is 0 Å². The maximum absolute atomic E-state index is 10.6. The molecule has 0 aliphatic rings. The molecule has 1 aromatic heterocycles. The van der Waals surface area contributed by atoms with Gasteiger partial charge < -0.3 is 0 Å². The van der Waals surface area contributed by atoms with E-state index in [9.17, 15) is 25.3 Å². The topological polar surface area (TPSA) is 238 Å². The zero-order chi connectivity index (χ0) is 16.5. The molecule has 1 rings (SSSR count). The highest BCUT2D eigenvalue weighted by atomic mass is 32.2. The standard InChI is InChI=1S/C3H6N6O9S3/c10-19(11,12)7-1-4-2(8-20(13,14)15)6-3(5-1)9-21(16,17)18/h(H,10,11,12)(H,13,14,15)(H,16,17,18)(H3,4,5,6,7,8,9). The summed E-state index contributed by atoms with van der Waals surface area (Å²) in [6.45, 7) is 0. The first-order valence-electron chi connectivity index (χ1n) is 4.25. The Hall–Kier alpha value is -1.86. The molecule has 0 radical (unpaired) electrons. The number of aromatic nitrogens is 3. The summed E-state index contributed by atoms with van der Waals surface area (Å²) in [6, 6.07) is 0. The molecule has 1 aromatic rings. The van der Waals surface area contributed by atoms with Gasteiger partial charge in [0.2, 0.25) is 17.8 Å². The molecule has 0 aliphatic heterocycles. The molecule has 0 saturated carbocycles. The van der Waals surface area contributed by atoms with Gasteiger partial charge in [0.1, 0.15) is 0 Å². The van der Waals surface area contributed by atoms with Crippen molar-refractivity contribution in [3.8, 4) is 0 Å². The lowest BCUT2D eigenvalue weighted by Crippen LogP contribution is -2.20. The minimum Gasteiger partial charge on any atom is -0.269 e. The third-order valence-corrected chi connectivity index (χ3v) is 2.62. The summed E-state index contributed by atoms with van der Waals surface area (Å²) in [4.78, 5) is 9.28. The van der Waals surface area contributed by atoms with E-state index in [0.29, 0.717) is 0 Å². The molecule has 0 aliphatic carbocycles. The first kappa shape index (κ1) is 17.2. The molecule has 0 atom stereocenters. The molecule has 15 nitrogen and oxygen atoms in total. The fourth-order valence-corrected chi connectivity index (χ4v) is 1.82. The average Bonchev–Trinajstić information content (AvgIpc) is 2.06. The minimum absolute atomic E-state index is 1.02. The lowest BCUT2D eigenvalue weighted by molar-refractivity contribution is 0.487. The SMILES string of the molecule is O=S(=O)(O)Nc1nc(NS(=O)(=O)O)nc(NS(=O)(=O)O)n1. The van der Waals surface area contributed by atoms with E-state index >= 15 is 0 Å². The van der Waals surface area contributed by atoms with Gasteiger partial charge in [0.15, 0.2) is 0 Å². The Balaban J connectivity index is 3.31. The fourth-order valence-electron chi connectivity index (χ4n) is 0.859. The predicted octanol–water partition coefficient (Wildman–Crippen LogP) is -2.48. The Morgan fingerprint density at radius 2 is 0.762 bits per heavy atom. The van der Waals surface area contributed by atoms with Crippen LogP contribution in [0.1, 0.15) is 0 Å². The Morgan fingerprint density at radius 1 is 0.571 bits per heavy atom. The molecule has 0 spiro atoms. The van der Waals surface area contributed by atoms with E-state index in [1.54, 1.807) is 0 Å². The number of nitrogens with zero attached hydrogens (tertiary/aromatic N) is 3. The summed E-state index contributed by atoms with van der Waals surface area (Å²) < 4.78 is 92.7. The van der Waals surface area contributed by atoms with Gasteiger partial charge >= 0.3 is 30.9 Å². The van der Waals surface area contributed by atoms with Crippen molar-refractivity contribution in [2.45, 2.75) is 0 Å². The van der Waals surface area contributed by atoms with Crippen LogP contribution in [-0.2, 0) is 30.9 Å². The number of rotatable bonds is 6. The van der Waals surface area contributed by atoms with Crippen LogP contribution in [0.15, 0.2) is 0 Å². The van der Waals surface area contributed by atoms with Gasteiger partial charge in [-0.3, -0.25) is 13.7 Å². The zero-order valence-electron chi connectivity index (χ0n) is 9.36. The van der Waals surface area contributed by atoms with E-state index in [-0.39, 0.29) is 0 Å². The van der Waals surface area contributed by atoms with E-state index < -0.39 is 48.8 Å². The van der Waals surface area contributed by atoms with E-state index in [0.717, 1.165) is 0 Å². The molecule has 120 valence electrons. The van der Waals surface area contributed by atoms with Crippen molar-refractivity contribution in [1.29, 1.82) is 0 Å². The molecular formula is C3H6N6O9S3. The molecule has 0 amide bonds. The zero-order valence-corrected chi connectivity index (χ0v) is 11.8. The summed E-state index contributed by atoms with van der Waals surface area (Å²) >= 11 is 0.